The van der Waals surface area contributed by atoms with Crippen LogP contribution in [0.25, 0.3) is 0 Å². The molecule has 0 aliphatic heterocycles. The van der Waals surface area contributed by atoms with Gasteiger partial charge in [0.2, 0.25) is 0 Å². The molecule has 0 saturated carbocycles. The van der Waals surface area contributed by atoms with Gasteiger partial charge in [-0.25, -0.2) is 13.2 Å². The van der Waals surface area contributed by atoms with E-state index in [1.165, 1.54) is 18.2 Å². The summed E-state index contributed by atoms with van der Waals surface area (Å²) in [6.07, 6.45) is 0. The van der Waals surface area contributed by atoms with Gasteiger partial charge in [-0.05, 0) is 45.1 Å². The van der Waals surface area contributed by atoms with E-state index in [9.17, 15) is 13.2 Å². The lowest BCUT2D eigenvalue weighted by Gasteiger charge is -2.08. The minimum Gasteiger partial charge on any atom is -0.351 e. The van der Waals surface area contributed by atoms with E-state index in [0.29, 0.717) is 4.47 Å². The Morgan fingerprint density at radius 1 is 1.00 bits per heavy atom. The number of halogens is 1. The van der Waals surface area contributed by atoms with Crippen LogP contribution in [-0.4, -0.2) is 14.4 Å². The van der Waals surface area contributed by atoms with Gasteiger partial charge in [0.1, 0.15) is 0 Å². The molecule has 0 bridgehead atoms. The zero-order valence-electron chi connectivity index (χ0n) is 10.1. The molecule has 2 rings (SSSR count). The fourth-order valence-corrected chi connectivity index (χ4v) is 3.22. The summed E-state index contributed by atoms with van der Waals surface area (Å²) < 4.78 is 24.3. The number of carbonyl (C=O) groups excluding carboxylic acids is 1. The molecular formula is C13H10BrNO4S. The van der Waals surface area contributed by atoms with E-state index in [2.05, 4.69) is 20.8 Å². The number of hydrogen-bond acceptors (Lipinski definition) is 4. The number of sulfonamides is 1. The Bertz CT molecular complexity index is 716. The molecule has 0 heterocycles. The van der Waals surface area contributed by atoms with Gasteiger partial charge in [-0.2, -0.15) is 0 Å². The first-order chi connectivity index (χ1) is 9.50. The summed E-state index contributed by atoms with van der Waals surface area (Å²) in [5.74, 6) is -0.777. The second-order valence-corrected chi connectivity index (χ2v) is 6.24. The predicted octanol–water partition coefficient (Wildman–Crippen LogP) is 2.50. The molecule has 0 radical (unpaired) electrons. The first-order valence-electron chi connectivity index (χ1n) is 5.53. The minimum absolute atomic E-state index is 0.0131. The number of benzene rings is 2. The Labute approximate surface area is 124 Å². The van der Waals surface area contributed by atoms with E-state index >= 15 is 0 Å². The maximum absolute atomic E-state index is 12.0. The van der Waals surface area contributed by atoms with Crippen molar-refractivity contribution in [1.82, 2.24) is 4.89 Å². The van der Waals surface area contributed by atoms with Crippen LogP contribution in [0.4, 0.5) is 0 Å². The van der Waals surface area contributed by atoms with Gasteiger partial charge < -0.3 is 4.84 Å². The molecule has 0 aliphatic carbocycles. The normalized spacial score (nSPS) is 11.1. The van der Waals surface area contributed by atoms with Crippen molar-refractivity contribution in [3.63, 3.8) is 0 Å². The van der Waals surface area contributed by atoms with Crippen LogP contribution in [0.2, 0.25) is 0 Å². The second-order valence-electron chi connectivity index (χ2n) is 3.77. The average molecular weight is 356 g/mol. The van der Waals surface area contributed by atoms with Crippen LogP contribution in [0.1, 0.15) is 10.4 Å². The predicted molar refractivity (Wildman–Crippen MR) is 76.3 cm³/mol. The topological polar surface area (TPSA) is 72.5 Å². The van der Waals surface area contributed by atoms with Crippen molar-refractivity contribution in [2.24, 2.45) is 0 Å². The summed E-state index contributed by atoms with van der Waals surface area (Å²) in [5, 5.41) is 0. The quantitative estimate of drug-likeness (QED) is 0.855. The molecule has 2 aromatic rings. The lowest BCUT2D eigenvalue weighted by molar-refractivity contribution is 0.0407. The van der Waals surface area contributed by atoms with Gasteiger partial charge in [0.15, 0.2) is 0 Å². The SMILES string of the molecule is O=C(ONS(=O)(=O)c1ccccc1Br)c1ccccc1. The molecule has 5 nitrogen and oxygen atoms in total. The van der Waals surface area contributed by atoms with Crippen LogP contribution in [0.5, 0.6) is 0 Å². The maximum atomic E-state index is 12.0. The van der Waals surface area contributed by atoms with Gasteiger partial charge in [-0.3, -0.25) is 0 Å². The Morgan fingerprint density at radius 2 is 1.60 bits per heavy atom. The molecule has 0 amide bonds. The van der Waals surface area contributed by atoms with E-state index in [-0.39, 0.29) is 10.5 Å². The average Bonchev–Trinajstić information content (AvgIpc) is 2.46. The molecule has 1 N–H and O–H groups in total. The van der Waals surface area contributed by atoms with E-state index in [4.69, 9.17) is 0 Å². The molecule has 104 valence electrons. The Hall–Kier alpha value is -1.70. The van der Waals surface area contributed by atoms with E-state index < -0.39 is 16.0 Å². The Balaban J connectivity index is 2.11. The molecule has 0 fully saturated rings. The van der Waals surface area contributed by atoms with E-state index in [1.54, 1.807) is 36.4 Å². The minimum atomic E-state index is -3.93. The van der Waals surface area contributed by atoms with Crippen molar-refractivity contribution < 1.29 is 18.0 Å². The number of nitrogens with one attached hydrogen (secondary N) is 1. The molecule has 0 saturated heterocycles. The largest absolute Gasteiger partial charge is 0.357 e. The van der Waals surface area contributed by atoms with Crippen molar-refractivity contribution in [2.75, 3.05) is 0 Å². The smallest absolute Gasteiger partial charge is 0.351 e. The zero-order valence-corrected chi connectivity index (χ0v) is 12.5. The number of rotatable bonds is 4. The number of carbonyl (C=O) groups is 1. The maximum Gasteiger partial charge on any atom is 0.357 e. The van der Waals surface area contributed by atoms with Crippen molar-refractivity contribution in [3.05, 3.63) is 64.6 Å². The fraction of sp³-hybridized carbons (Fsp3) is 0. The van der Waals surface area contributed by atoms with Crippen LogP contribution >= 0.6 is 15.9 Å². The highest BCUT2D eigenvalue weighted by Gasteiger charge is 2.19. The number of hydrogen-bond donors (Lipinski definition) is 1. The molecule has 0 aliphatic rings. The third-order valence-electron chi connectivity index (χ3n) is 2.38. The van der Waals surface area contributed by atoms with Crippen molar-refractivity contribution in [1.29, 1.82) is 0 Å². The van der Waals surface area contributed by atoms with Gasteiger partial charge >= 0.3 is 5.97 Å². The summed E-state index contributed by atoms with van der Waals surface area (Å²) in [4.78, 5) is 18.0. The Morgan fingerprint density at radius 3 is 2.25 bits per heavy atom. The second kappa shape index (κ2) is 6.17. The first kappa shape index (κ1) is 14.7. The summed E-state index contributed by atoms with van der Waals surface area (Å²) in [6, 6.07) is 14.3. The molecule has 0 spiro atoms. The molecular weight excluding hydrogens is 346 g/mol. The van der Waals surface area contributed by atoms with Gasteiger partial charge in [0.25, 0.3) is 10.0 Å². The van der Waals surface area contributed by atoms with Gasteiger partial charge in [-0.15, -0.1) is 0 Å². The monoisotopic (exact) mass is 355 g/mol. The highest BCUT2D eigenvalue weighted by atomic mass is 79.9. The van der Waals surface area contributed by atoms with Crippen molar-refractivity contribution >= 4 is 31.9 Å². The zero-order chi connectivity index (χ0) is 14.6. The van der Waals surface area contributed by atoms with Crippen molar-refractivity contribution in [2.45, 2.75) is 4.90 Å². The lowest BCUT2D eigenvalue weighted by Crippen LogP contribution is -2.27. The third-order valence-corrected chi connectivity index (χ3v) is 4.57. The van der Waals surface area contributed by atoms with Crippen LogP contribution in [-0.2, 0) is 14.9 Å². The van der Waals surface area contributed by atoms with Gasteiger partial charge in [0, 0.05) is 4.47 Å². The van der Waals surface area contributed by atoms with Crippen LogP contribution in [0, 0.1) is 0 Å². The van der Waals surface area contributed by atoms with Crippen LogP contribution in [0.15, 0.2) is 64.0 Å². The van der Waals surface area contributed by atoms with Gasteiger partial charge in [0.05, 0.1) is 10.5 Å². The molecule has 0 aromatic heterocycles. The highest BCUT2D eigenvalue weighted by Crippen LogP contribution is 2.20. The Kier molecular flexibility index (Phi) is 4.53. The molecule has 2 aromatic carbocycles. The molecule has 0 atom stereocenters. The van der Waals surface area contributed by atoms with Gasteiger partial charge in [-0.1, -0.05) is 30.3 Å². The third kappa shape index (κ3) is 3.44. The molecule has 7 heteroatoms. The lowest BCUT2D eigenvalue weighted by atomic mass is 10.2. The van der Waals surface area contributed by atoms with E-state index in [0.717, 1.165) is 0 Å². The van der Waals surface area contributed by atoms with Crippen molar-refractivity contribution in [3.8, 4) is 0 Å². The summed E-state index contributed by atoms with van der Waals surface area (Å²) in [6.45, 7) is 0. The summed E-state index contributed by atoms with van der Waals surface area (Å²) in [7, 11) is -3.93. The van der Waals surface area contributed by atoms with Crippen LogP contribution in [0.3, 0.4) is 0 Å². The van der Waals surface area contributed by atoms with Crippen LogP contribution < -0.4 is 4.89 Å². The summed E-state index contributed by atoms with van der Waals surface area (Å²) >= 11 is 3.12. The first-order valence-corrected chi connectivity index (χ1v) is 7.81. The highest BCUT2D eigenvalue weighted by molar-refractivity contribution is 9.10. The fourth-order valence-electron chi connectivity index (χ4n) is 1.43. The summed E-state index contributed by atoms with van der Waals surface area (Å²) in [5.41, 5.74) is 0.252. The molecule has 0 unspecified atom stereocenters. The standard InChI is InChI=1S/C13H10BrNO4S/c14-11-8-4-5-9-12(11)20(17,18)15-19-13(16)10-6-2-1-3-7-10/h1-9,15H. The van der Waals surface area contributed by atoms with E-state index in [1.807, 2.05) is 4.89 Å². The molecule has 20 heavy (non-hydrogen) atoms.